The second-order valence-corrected chi connectivity index (χ2v) is 5.20. The van der Waals surface area contributed by atoms with Gasteiger partial charge in [0.1, 0.15) is 0 Å². The molecule has 1 aromatic heterocycles. The van der Waals surface area contributed by atoms with E-state index in [2.05, 4.69) is 31.9 Å². The molecule has 0 fully saturated rings. The van der Waals surface area contributed by atoms with Gasteiger partial charge in [0.05, 0.1) is 5.69 Å². The Hall–Kier alpha value is -2.10. The molecule has 2 rings (SSSR count). The summed E-state index contributed by atoms with van der Waals surface area (Å²) < 4.78 is 1.78. The average Bonchev–Trinajstić information content (AvgIpc) is 2.83. The van der Waals surface area contributed by atoms with E-state index in [0.29, 0.717) is 5.92 Å². The highest BCUT2D eigenvalue weighted by atomic mass is 16.4. The van der Waals surface area contributed by atoms with Crippen molar-refractivity contribution < 1.29 is 9.90 Å². The molecule has 0 spiro atoms. The molecule has 0 saturated carbocycles. The Labute approximate surface area is 119 Å². The highest BCUT2D eigenvalue weighted by Crippen LogP contribution is 2.24. The molecule has 0 unspecified atom stereocenters. The molecule has 1 N–H and O–H groups in total. The fraction of sp³-hybridized carbons (Fsp3) is 0.375. The van der Waals surface area contributed by atoms with Crippen molar-refractivity contribution in [3.63, 3.8) is 0 Å². The predicted octanol–water partition coefficient (Wildman–Crippen LogP) is 3.65. The predicted molar refractivity (Wildman–Crippen MR) is 78.6 cm³/mol. The second-order valence-electron chi connectivity index (χ2n) is 5.20. The highest BCUT2D eigenvalue weighted by molar-refractivity contribution is 5.85. The third-order valence-corrected chi connectivity index (χ3v) is 3.30. The molecule has 0 atom stereocenters. The van der Waals surface area contributed by atoms with Gasteiger partial charge in [-0.2, -0.15) is 5.10 Å². The molecular formula is C16H20N2O2. The lowest BCUT2D eigenvalue weighted by Crippen LogP contribution is -2.07. The standard InChI is InChI=1S/C16H20N2O2/c1-4-7-12-10-14(16(19)20)17-18(12)15-9-6-5-8-13(15)11(2)3/h5-6,8-11H,4,7H2,1-3H3,(H,19,20). The van der Waals surface area contributed by atoms with Crippen molar-refractivity contribution in [1.82, 2.24) is 9.78 Å². The van der Waals surface area contributed by atoms with Crippen LogP contribution in [0.3, 0.4) is 0 Å². The van der Waals surface area contributed by atoms with Crippen molar-refractivity contribution in [2.45, 2.75) is 39.5 Å². The number of aryl methyl sites for hydroxylation is 1. The van der Waals surface area contributed by atoms with Gasteiger partial charge in [0, 0.05) is 5.69 Å². The lowest BCUT2D eigenvalue weighted by Gasteiger charge is -2.14. The van der Waals surface area contributed by atoms with Crippen LogP contribution in [0.1, 0.15) is 54.9 Å². The fourth-order valence-corrected chi connectivity index (χ4v) is 2.34. The number of hydrogen-bond acceptors (Lipinski definition) is 2. The zero-order chi connectivity index (χ0) is 14.7. The van der Waals surface area contributed by atoms with Crippen LogP contribution in [-0.2, 0) is 6.42 Å². The van der Waals surface area contributed by atoms with E-state index >= 15 is 0 Å². The first-order valence-corrected chi connectivity index (χ1v) is 6.96. The molecule has 0 bridgehead atoms. The van der Waals surface area contributed by atoms with E-state index in [1.807, 2.05) is 18.2 Å². The van der Waals surface area contributed by atoms with Crippen LogP contribution in [0.25, 0.3) is 5.69 Å². The molecule has 0 saturated heterocycles. The molecule has 0 aliphatic heterocycles. The van der Waals surface area contributed by atoms with E-state index in [4.69, 9.17) is 5.11 Å². The monoisotopic (exact) mass is 272 g/mol. The minimum atomic E-state index is -0.983. The van der Waals surface area contributed by atoms with Gasteiger partial charge >= 0.3 is 5.97 Å². The SMILES string of the molecule is CCCc1cc(C(=O)O)nn1-c1ccccc1C(C)C. The van der Waals surface area contributed by atoms with Gasteiger partial charge in [0.2, 0.25) is 0 Å². The summed E-state index contributed by atoms with van der Waals surface area (Å²) in [4.78, 5) is 11.1. The quantitative estimate of drug-likeness (QED) is 0.904. The van der Waals surface area contributed by atoms with Crippen LogP contribution in [0.2, 0.25) is 0 Å². The van der Waals surface area contributed by atoms with Crippen molar-refractivity contribution in [2.24, 2.45) is 0 Å². The Morgan fingerprint density at radius 3 is 2.65 bits per heavy atom. The van der Waals surface area contributed by atoms with Gasteiger partial charge in [0.15, 0.2) is 5.69 Å². The van der Waals surface area contributed by atoms with Gasteiger partial charge in [-0.15, -0.1) is 0 Å². The van der Waals surface area contributed by atoms with Gasteiger partial charge in [0.25, 0.3) is 0 Å². The van der Waals surface area contributed by atoms with Crippen molar-refractivity contribution >= 4 is 5.97 Å². The highest BCUT2D eigenvalue weighted by Gasteiger charge is 2.16. The van der Waals surface area contributed by atoms with E-state index in [1.165, 1.54) is 5.56 Å². The Balaban J connectivity index is 2.59. The van der Waals surface area contributed by atoms with Gasteiger partial charge in [-0.05, 0) is 30.0 Å². The van der Waals surface area contributed by atoms with Crippen LogP contribution < -0.4 is 0 Å². The number of carbonyl (C=O) groups is 1. The minimum Gasteiger partial charge on any atom is -0.476 e. The summed E-state index contributed by atoms with van der Waals surface area (Å²) in [7, 11) is 0. The fourth-order valence-electron chi connectivity index (χ4n) is 2.34. The number of carboxylic acid groups (broad SMARTS) is 1. The molecular weight excluding hydrogens is 252 g/mol. The van der Waals surface area contributed by atoms with Crippen LogP contribution in [0, 0.1) is 0 Å². The van der Waals surface area contributed by atoms with Crippen LogP contribution in [0.5, 0.6) is 0 Å². The molecule has 0 radical (unpaired) electrons. The molecule has 0 aliphatic carbocycles. The third-order valence-electron chi connectivity index (χ3n) is 3.30. The van der Waals surface area contributed by atoms with Crippen LogP contribution in [-0.4, -0.2) is 20.9 Å². The molecule has 1 heterocycles. The summed E-state index contributed by atoms with van der Waals surface area (Å²) in [5.74, 6) is -0.624. The molecule has 0 aliphatic rings. The number of hydrogen-bond donors (Lipinski definition) is 1. The van der Waals surface area contributed by atoms with E-state index in [9.17, 15) is 4.79 Å². The van der Waals surface area contributed by atoms with E-state index in [0.717, 1.165) is 24.2 Å². The molecule has 2 aromatic rings. The number of benzene rings is 1. The number of carboxylic acids is 1. The molecule has 4 nitrogen and oxygen atoms in total. The number of para-hydroxylation sites is 1. The molecule has 4 heteroatoms. The maximum atomic E-state index is 11.1. The normalized spacial score (nSPS) is 11.0. The van der Waals surface area contributed by atoms with Crippen molar-refractivity contribution in [3.05, 3.63) is 47.3 Å². The number of rotatable bonds is 5. The third kappa shape index (κ3) is 2.74. The van der Waals surface area contributed by atoms with Crippen LogP contribution in [0.4, 0.5) is 0 Å². The summed E-state index contributed by atoms with van der Waals surface area (Å²) in [6.45, 7) is 6.33. The summed E-state index contributed by atoms with van der Waals surface area (Å²) >= 11 is 0. The topological polar surface area (TPSA) is 55.1 Å². The minimum absolute atomic E-state index is 0.104. The number of aromatic carboxylic acids is 1. The molecule has 20 heavy (non-hydrogen) atoms. The second kappa shape index (κ2) is 5.90. The van der Waals surface area contributed by atoms with E-state index in [-0.39, 0.29) is 5.69 Å². The van der Waals surface area contributed by atoms with E-state index in [1.54, 1.807) is 10.7 Å². The van der Waals surface area contributed by atoms with Gasteiger partial charge in [-0.1, -0.05) is 45.4 Å². The Morgan fingerprint density at radius 2 is 2.05 bits per heavy atom. The van der Waals surface area contributed by atoms with Gasteiger partial charge in [-0.3, -0.25) is 0 Å². The Bertz CT molecular complexity index is 615. The first-order chi connectivity index (χ1) is 9.54. The van der Waals surface area contributed by atoms with Crippen molar-refractivity contribution in [1.29, 1.82) is 0 Å². The maximum Gasteiger partial charge on any atom is 0.356 e. The number of aromatic nitrogens is 2. The summed E-state index contributed by atoms with van der Waals surface area (Å²) in [5, 5.41) is 13.4. The van der Waals surface area contributed by atoms with Gasteiger partial charge in [-0.25, -0.2) is 9.48 Å². The summed E-state index contributed by atoms with van der Waals surface area (Å²) in [6.07, 6.45) is 1.77. The summed E-state index contributed by atoms with van der Waals surface area (Å²) in [6, 6.07) is 9.69. The molecule has 106 valence electrons. The smallest absolute Gasteiger partial charge is 0.356 e. The maximum absolute atomic E-state index is 11.1. The summed E-state index contributed by atoms with van der Waals surface area (Å²) in [5.41, 5.74) is 3.19. The largest absolute Gasteiger partial charge is 0.476 e. The lowest BCUT2D eigenvalue weighted by molar-refractivity contribution is 0.0690. The zero-order valence-electron chi connectivity index (χ0n) is 12.1. The average molecular weight is 272 g/mol. The Kier molecular flexibility index (Phi) is 4.23. The van der Waals surface area contributed by atoms with Crippen LogP contribution >= 0.6 is 0 Å². The molecule has 1 aromatic carbocycles. The van der Waals surface area contributed by atoms with Crippen molar-refractivity contribution in [3.8, 4) is 5.69 Å². The zero-order valence-corrected chi connectivity index (χ0v) is 12.1. The Morgan fingerprint density at radius 1 is 1.35 bits per heavy atom. The molecule has 0 amide bonds. The van der Waals surface area contributed by atoms with Crippen molar-refractivity contribution in [2.75, 3.05) is 0 Å². The first-order valence-electron chi connectivity index (χ1n) is 6.96. The van der Waals surface area contributed by atoms with Gasteiger partial charge < -0.3 is 5.11 Å². The van der Waals surface area contributed by atoms with Crippen LogP contribution in [0.15, 0.2) is 30.3 Å². The lowest BCUT2D eigenvalue weighted by atomic mass is 10.0. The number of nitrogens with zero attached hydrogens (tertiary/aromatic N) is 2. The van der Waals surface area contributed by atoms with E-state index < -0.39 is 5.97 Å². The first kappa shape index (κ1) is 14.3.